The lowest BCUT2D eigenvalue weighted by atomic mass is 9.94. The van der Waals surface area contributed by atoms with E-state index in [0.29, 0.717) is 12.8 Å². The lowest BCUT2D eigenvalue weighted by molar-refractivity contribution is -0.147. The average Bonchev–Trinajstić information content (AvgIpc) is 3.17. The molecule has 0 aliphatic heterocycles. The van der Waals surface area contributed by atoms with Gasteiger partial charge in [0.05, 0.1) is 25.2 Å². The summed E-state index contributed by atoms with van der Waals surface area (Å²) in [5.74, 6) is -1.66. The molecule has 3 unspecified atom stereocenters. The summed E-state index contributed by atoms with van der Waals surface area (Å²) in [6, 6.07) is 0. The molecule has 0 aromatic rings. The van der Waals surface area contributed by atoms with Crippen LogP contribution in [0.4, 0.5) is 0 Å². The molecule has 8 heteroatoms. The fourth-order valence-corrected chi connectivity index (χ4v) is 6.99. The largest absolute Gasteiger partial charge is 0.481 e. The van der Waals surface area contributed by atoms with E-state index in [1.54, 1.807) is 0 Å². The molecular weight excluding hydrogens is 680 g/mol. The van der Waals surface area contributed by atoms with E-state index in [0.717, 1.165) is 25.7 Å². The maximum Gasteiger partial charge on any atom is 0.306 e. The highest BCUT2D eigenvalue weighted by molar-refractivity contribution is 5.70. The van der Waals surface area contributed by atoms with Crippen LogP contribution in [-0.4, -0.2) is 69.5 Å². The Morgan fingerprint density at radius 1 is 0.444 bits per heavy atom. The Bertz CT molecular complexity index is 748. The first-order valence-electron chi connectivity index (χ1n) is 23.3. The van der Waals surface area contributed by atoms with Gasteiger partial charge < -0.3 is 30.3 Å². The summed E-state index contributed by atoms with van der Waals surface area (Å²) < 4.78 is 4.86. The van der Waals surface area contributed by atoms with Crippen molar-refractivity contribution in [1.29, 1.82) is 0 Å². The number of aliphatic hydroxyl groups excluding tert-OH is 4. The summed E-state index contributed by atoms with van der Waals surface area (Å²) in [5.41, 5.74) is 0. The Balaban J connectivity index is 0. The molecular formula is C46H92O8. The Kier molecular flexibility index (Phi) is 46.9. The molecule has 54 heavy (non-hydrogen) atoms. The van der Waals surface area contributed by atoms with Crippen LogP contribution in [0.3, 0.4) is 0 Å². The van der Waals surface area contributed by atoms with E-state index in [2.05, 4.69) is 13.8 Å². The van der Waals surface area contributed by atoms with Gasteiger partial charge in [0.1, 0.15) is 12.7 Å². The van der Waals surface area contributed by atoms with Gasteiger partial charge in [0, 0.05) is 6.42 Å². The van der Waals surface area contributed by atoms with E-state index < -0.39 is 24.1 Å². The second-order valence-corrected chi connectivity index (χ2v) is 16.1. The van der Waals surface area contributed by atoms with Crippen LogP contribution in [0.1, 0.15) is 245 Å². The first kappa shape index (κ1) is 54.9. The lowest BCUT2D eigenvalue weighted by Crippen LogP contribution is -2.23. The van der Waals surface area contributed by atoms with Crippen molar-refractivity contribution in [3.05, 3.63) is 0 Å². The first-order chi connectivity index (χ1) is 26.3. The van der Waals surface area contributed by atoms with Crippen molar-refractivity contribution in [2.45, 2.75) is 257 Å². The van der Waals surface area contributed by atoms with Gasteiger partial charge in [0.15, 0.2) is 0 Å². The first-order valence-corrected chi connectivity index (χ1v) is 23.3. The third kappa shape index (κ3) is 45.2. The van der Waals surface area contributed by atoms with Gasteiger partial charge in [-0.25, -0.2) is 0 Å². The van der Waals surface area contributed by atoms with E-state index in [1.807, 2.05) is 0 Å². The summed E-state index contributed by atoms with van der Waals surface area (Å²) in [6.45, 7) is 3.71. The summed E-state index contributed by atoms with van der Waals surface area (Å²) in [6.07, 6.45) is 42.7. The minimum Gasteiger partial charge on any atom is -0.481 e. The van der Waals surface area contributed by atoms with E-state index in [1.165, 1.54) is 186 Å². The van der Waals surface area contributed by atoms with Gasteiger partial charge >= 0.3 is 11.9 Å². The van der Waals surface area contributed by atoms with Crippen molar-refractivity contribution in [3.63, 3.8) is 0 Å². The Labute approximate surface area is 334 Å². The summed E-state index contributed by atoms with van der Waals surface area (Å²) in [5, 5.41) is 45.1. The number of carbonyl (C=O) groups excluding carboxylic acids is 1. The van der Waals surface area contributed by atoms with Crippen LogP contribution in [0.2, 0.25) is 0 Å². The molecule has 0 aromatic heterocycles. The third-order valence-electron chi connectivity index (χ3n) is 10.7. The fraction of sp³-hybridized carbons (Fsp3) is 0.957. The zero-order valence-corrected chi connectivity index (χ0v) is 35.8. The van der Waals surface area contributed by atoms with Crippen molar-refractivity contribution in [1.82, 2.24) is 0 Å². The number of carboxylic acids is 1. The van der Waals surface area contributed by atoms with Crippen LogP contribution < -0.4 is 0 Å². The van der Waals surface area contributed by atoms with Gasteiger partial charge in [0.2, 0.25) is 0 Å². The van der Waals surface area contributed by atoms with Crippen LogP contribution in [0.5, 0.6) is 0 Å². The number of carboxylic acid groups (broad SMARTS) is 1. The Morgan fingerprint density at radius 3 is 1.04 bits per heavy atom. The fourth-order valence-electron chi connectivity index (χ4n) is 6.99. The number of hydrogen-bond donors (Lipinski definition) is 5. The highest BCUT2D eigenvalue weighted by atomic mass is 16.5. The van der Waals surface area contributed by atoms with Crippen LogP contribution in [0, 0.1) is 5.92 Å². The van der Waals surface area contributed by atoms with Gasteiger partial charge in [-0.1, -0.05) is 219 Å². The van der Waals surface area contributed by atoms with Crippen molar-refractivity contribution in [2.75, 3.05) is 19.8 Å². The van der Waals surface area contributed by atoms with Crippen LogP contribution in [0.25, 0.3) is 0 Å². The molecule has 0 bridgehead atoms. The normalized spacial score (nSPS) is 12.9. The molecule has 0 rings (SSSR count). The summed E-state index contributed by atoms with van der Waals surface area (Å²) in [4.78, 5) is 22.6. The van der Waals surface area contributed by atoms with Gasteiger partial charge in [-0.2, -0.15) is 0 Å². The molecule has 8 nitrogen and oxygen atoms in total. The maximum absolute atomic E-state index is 11.4. The van der Waals surface area contributed by atoms with Gasteiger partial charge in [-0.05, 0) is 19.3 Å². The second-order valence-electron chi connectivity index (χ2n) is 16.1. The van der Waals surface area contributed by atoms with Crippen molar-refractivity contribution >= 4 is 11.9 Å². The van der Waals surface area contributed by atoms with Crippen molar-refractivity contribution in [3.8, 4) is 0 Å². The molecule has 0 saturated heterocycles. The molecule has 0 fully saturated rings. The molecule has 0 heterocycles. The lowest BCUT2D eigenvalue weighted by Gasteiger charge is -2.15. The standard InChI is InChI=1S/C25H50O4.C21H42O4/c1-2-3-4-5-6-7-8-9-10-11-12-13-14-15-16-17-18-19-20-23(25(28)29)21-24(27)22-26;1-2-3-4-5-6-7-8-9-10-11-12-13-14-15-16-17-21(24)25-19-20(23)18-22/h23-24,26-27H,2-22H2,1H3,(H,28,29);20,22-23H,2-19H2,1H3. The highest BCUT2D eigenvalue weighted by Crippen LogP contribution is 2.19. The topological polar surface area (TPSA) is 145 Å². The predicted molar refractivity (Wildman–Crippen MR) is 226 cm³/mol. The Hall–Kier alpha value is -1.22. The number of carbonyl (C=O) groups is 2. The molecule has 0 amide bonds. The highest BCUT2D eigenvalue weighted by Gasteiger charge is 2.20. The van der Waals surface area contributed by atoms with E-state index in [4.69, 9.17) is 25.2 Å². The number of rotatable bonds is 42. The molecule has 0 saturated carbocycles. The van der Waals surface area contributed by atoms with E-state index >= 15 is 0 Å². The zero-order valence-electron chi connectivity index (χ0n) is 35.8. The molecule has 0 spiro atoms. The number of ether oxygens (including phenoxy) is 1. The minimum absolute atomic E-state index is 0.103. The number of aliphatic carboxylic acids is 1. The minimum atomic E-state index is -0.954. The van der Waals surface area contributed by atoms with Gasteiger partial charge in [-0.3, -0.25) is 9.59 Å². The quantitative estimate of drug-likeness (QED) is 0.0305. The molecule has 324 valence electrons. The molecule has 5 N–H and O–H groups in total. The average molecular weight is 773 g/mol. The van der Waals surface area contributed by atoms with Crippen molar-refractivity contribution in [2.24, 2.45) is 5.92 Å². The van der Waals surface area contributed by atoms with Gasteiger partial charge in [0.25, 0.3) is 0 Å². The van der Waals surface area contributed by atoms with E-state index in [-0.39, 0.29) is 32.2 Å². The SMILES string of the molecule is CCCCCCCCCCCCCCCCCC(=O)OCC(O)CO.CCCCCCCCCCCCCCCCCCCCC(CC(O)CO)C(=O)O. The maximum atomic E-state index is 11.4. The predicted octanol–water partition coefficient (Wildman–Crippen LogP) is 12.0. The van der Waals surface area contributed by atoms with Crippen LogP contribution in [-0.2, 0) is 14.3 Å². The number of aliphatic hydroxyl groups is 4. The van der Waals surface area contributed by atoms with Crippen LogP contribution >= 0.6 is 0 Å². The third-order valence-corrected chi connectivity index (χ3v) is 10.7. The van der Waals surface area contributed by atoms with E-state index in [9.17, 15) is 14.7 Å². The van der Waals surface area contributed by atoms with Crippen LogP contribution in [0.15, 0.2) is 0 Å². The molecule has 0 aliphatic carbocycles. The number of hydrogen-bond acceptors (Lipinski definition) is 7. The number of esters is 1. The monoisotopic (exact) mass is 773 g/mol. The van der Waals surface area contributed by atoms with Gasteiger partial charge in [-0.15, -0.1) is 0 Å². The number of unbranched alkanes of at least 4 members (excludes halogenated alkanes) is 31. The summed E-state index contributed by atoms with van der Waals surface area (Å²) in [7, 11) is 0. The molecule has 0 aliphatic rings. The second kappa shape index (κ2) is 46.2. The molecule has 0 aromatic carbocycles. The zero-order chi connectivity index (χ0) is 40.2. The molecule has 3 atom stereocenters. The molecule has 0 radical (unpaired) electrons. The van der Waals surface area contributed by atoms with Crippen molar-refractivity contribution < 1.29 is 39.9 Å². The Morgan fingerprint density at radius 2 is 0.741 bits per heavy atom. The smallest absolute Gasteiger partial charge is 0.306 e. The summed E-state index contributed by atoms with van der Waals surface area (Å²) >= 11 is 0.